The number of benzene rings is 1. The monoisotopic (exact) mass is 333 g/mol. The fourth-order valence-electron chi connectivity index (χ4n) is 2.20. The molecule has 1 aromatic carbocycles. The van der Waals surface area contributed by atoms with E-state index in [0.717, 1.165) is 29.3 Å². The Kier molecular flexibility index (Phi) is 4.80. The summed E-state index contributed by atoms with van der Waals surface area (Å²) in [6.45, 7) is 0.546. The zero-order valence-electron chi connectivity index (χ0n) is 13.2. The van der Waals surface area contributed by atoms with Crippen molar-refractivity contribution in [1.29, 1.82) is 0 Å². The van der Waals surface area contributed by atoms with E-state index in [4.69, 9.17) is 4.74 Å². The van der Waals surface area contributed by atoms with Gasteiger partial charge in [-0.3, -0.25) is 4.79 Å². The number of rotatable bonds is 7. The Morgan fingerprint density at radius 2 is 2.30 bits per heavy atom. The van der Waals surface area contributed by atoms with Gasteiger partial charge in [0.15, 0.2) is 0 Å². The minimum absolute atomic E-state index is 0.0446. The molecule has 2 aromatic rings. The van der Waals surface area contributed by atoms with Crippen LogP contribution in [0.4, 0.5) is 0 Å². The summed E-state index contributed by atoms with van der Waals surface area (Å²) in [5, 5.41) is 12.4. The lowest BCUT2D eigenvalue weighted by Crippen LogP contribution is -2.27. The summed E-state index contributed by atoms with van der Waals surface area (Å²) in [5.74, 6) is 1.16. The van der Waals surface area contributed by atoms with Gasteiger partial charge in [-0.05, 0) is 41.0 Å². The van der Waals surface area contributed by atoms with E-state index >= 15 is 0 Å². The van der Waals surface area contributed by atoms with Gasteiger partial charge in [-0.1, -0.05) is 23.9 Å². The predicted octanol–water partition coefficient (Wildman–Crippen LogP) is 1.77. The summed E-state index contributed by atoms with van der Waals surface area (Å²) < 4.78 is 7.02. The zero-order chi connectivity index (χ0) is 16.2. The highest BCUT2D eigenvalue weighted by Gasteiger charge is 2.28. The summed E-state index contributed by atoms with van der Waals surface area (Å²) in [4.78, 5) is 14.0. The molecule has 1 aromatic heterocycles. The van der Waals surface area contributed by atoms with Crippen LogP contribution in [0.1, 0.15) is 24.4 Å². The normalized spacial score (nSPS) is 13.8. The van der Waals surface area contributed by atoms with Crippen molar-refractivity contribution in [3.05, 3.63) is 29.8 Å². The van der Waals surface area contributed by atoms with Crippen LogP contribution in [-0.2, 0) is 11.3 Å². The highest BCUT2D eigenvalue weighted by atomic mass is 32.2. The molecule has 1 aliphatic carbocycles. The van der Waals surface area contributed by atoms with Crippen molar-refractivity contribution in [3.8, 4) is 5.75 Å². The van der Waals surface area contributed by atoms with Crippen molar-refractivity contribution in [1.82, 2.24) is 25.1 Å². The van der Waals surface area contributed by atoms with Crippen molar-refractivity contribution in [2.75, 3.05) is 19.9 Å². The number of ether oxygens (including phenoxy) is 1. The van der Waals surface area contributed by atoms with Gasteiger partial charge in [0, 0.05) is 13.6 Å². The number of amides is 1. The van der Waals surface area contributed by atoms with Crippen LogP contribution in [-0.4, -0.2) is 50.9 Å². The average Bonchev–Trinajstić information content (AvgIpc) is 3.31. The molecule has 1 amide bonds. The van der Waals surface area contributed by atoms with Gasteiger partial charge < -0.3 is 9.64 Å². The molecule has 0 atom stereocenters. The Bertz CT molecular complexity index is 686. The van der Waals surface area contributed by atoms with Crippen LogP contribution in [0.5, 0.6) is 5.75 Å². The third kappa shape index (κ3) is 4.01. The Hall–Kier alpha value is -2.09. The number of nitrogens with zero attached hydrogens (tertiary/aromatic N) is 5. The number of hydrogen-bond acceptors (Lipinski definition) is 6. The van der Waals surface area contributed by atoms with Gasteiger partial charge in [-0.15, -0.1) is 5.10 Å². The summed E-state index contributed by atoms with van der Waals surface area (Å²) in [5.41, 5.74) is 1.04. The Morgan fingerprint density at radius 1 is 1.48 bits per heavy atom. The van der Waals surface area contributed by atoms with Crippen LogP contribution in [0, 0.1) is 0 Å². The largest absolute Gasteiger partial charge is 0.497 e. The molecule has 0 spiro atoms. The molecule has 0 saturated heterocycles. The van der Waals surface area contributed by atoms with Crippen LogP contribution in [0.2, 0.25) is 0 Å². The second-order valence-corrected chi connectivity index (χ2v) is 6.47. The molecule has 0 N–H and O–H groups in total. The molecule has 23 heavy (non-hydrogen) atoms. The first-order chi connectivity index (χ1) is 11.2. The molecule has 1 aliphatic rings. The van der Waals surface area contributed by atoms with Gasteiger partial charge in [-0.25, -0.2) is 4.68 Å². The Morgan fingerprint density at radius 3 is 3.04 bits per heavy atom. The van der Waals surface area contributed by atoms with E-state index in [2.05, 4.69) is 15.5 Å². The van der Waals surface area contributed by atoms with Crippen LogP contribution < -0.4 is 4.74 Å². The molecule has 1 fully saturated rings. The standard InChI is InChI=1S/C15H19N5O2S/c1-19(9-11-4-3-5-13(8-11)22-2)14(21)10-23-15-16-17-18-20(15)12-6-7-12/h3-5,8,12H,6-7,9-10H2,1-2H3. The van der Waals surface area contributed by atoms with Crippen molar-refractivity contribution in [2.45, 2.75) is 30.6 Å². The molecule has 1 saturated carbocycles. The maximum absolute atomic E-state index is 12.3. The lowest BCUT2D eigenvalue weighted by molar-refractivity contribution is -0.127. The average molecular weight is 333 g/mol. The van der Waals surface area contributed by atoms with Gasteiger partial charge in [0.2, 0.25) is 11.1 Å². The molecular weight excluding hydrogens is 314 g/mol. The number of carbonyl (C=O) groups excluding carboxylic acids is 1. The lowest BCUT2D eigenvalue weighted by Gasteiger charge is -2.17. The number of aromatic nitrogens is 4. The number of tetrazole rings is 1. The number of hydrogen-bond donors (Lipinski definition) is 0. The molecule has 8 heteroatoms. The van der Waals surface area contributed by atoms with E-state index in [1.807, 2.05) is 28.9 Å². The summed E-state index contributed by atoms with van der Waals surface area (Å²) >= 11 is 1.39. The maximum Gasteiger partial charge on any atom is 0.233 e. The highest BCUT2D eigenvalue weighted by molar-refractivity contribution is 7.99. The first kappa shape index (κ1) is 15.8. The molecule has 0 aliphatic heterocycles. The van der Waals surface area contributed by atoms with Gasteiger partial charge in [-0.2, -0.15) is 0 Å². The van der Waals surface area contributed by atoms with Gasteiger partial charge >= 0.3 is 0 Å². The van der Waals surface area contributed by atoms with Crippen molar-refractivity contribution in [2.24, 2.45) is 0 Å². The van der Waals surface area contributed by atoms with Crippen molar-refractivity contribution in [3.63, 3.8) is 0 Å². The van der Waals surface area contributed by atoms with Crippen molar-refractivity contribution < 1.29 is 9.53 Å². The van der Waals surface area contributed by atoms with E-state index < -0.39 is 0 Å². The molecular formula is C15H19N5O2S. The quantitative estimate of drug-likeness (QED) is 0.719. The number of carbonyl (C=O) groups is 1. The van der Waals surface area contributed by atoms with E-state index in [1.165, 1.54) is 11.8 Å². The summed E-state index contributed by atoms with van der Waals surface area (Å²) in [7, 11) is 3.43. The van der Waals surface area contributed by atoms with Crippen LogP contribution in [0.15, 0.2) is 29.4 Å². The second-order valence-electron chi connectivity index (χ2n) is 5.53. The summed E-state index contributed by atoms with van der Waals surface area (Å²) in [6.07, 6.45) is 2.23. The second kappa shape index (κ2) is 6.99. The van der Waals surface area contributed by atoms with Crippen LogP contribution >= 0.6 is 11.8 Å². The minimum Gasteiger partial charge on any atom is -0.497 e. The maximum atomic E-state index is 12.3. The van der Waals surface area contributed by atoms with E-state index in [0.29, 0.717) is 18.3 Å². The summed E-state index contributed by atoms with van der Waals surface area (Å²) in [6, 6.07) is 8.14. The molecule has 0 unspecified atom stereocenters. The fraction of sp³-hybridized carbons (Fsp3) is 0.467. The van der Waals surface area contributed by atoms with Crippen LogP contribution in [0.3, 0.4) is 0 Å². The number of methoxy groups -OCH3 is 1. The zero-order valence-corrected chi connectivity index (χ0v) is 14.0. The van der Waals surface area contributed by atoms with E-state index in [9.17, 15) is 4.79 Å². The Balaban J connectivity index is 1.53. The molecule has 0 radical (unpaired) electrons. The molecule has 1 heterocycles. The lowest BCUT2D eigenvalue weighted by atomic mass is 10.2. The predicted molar refractivity (Wildman–Crippen MR) is 86.3 cm³/mol. The first-order valence-corrected chi connectivity index (χ1v) is 8.43. The molecule has 122 valence electrons. The molecule has 3 rings (SSSR count). The van der Waals surface area contributed by atoms with E-state index in [-0.39, 0.29) is 5.91 Å². The fourth-order valence-corrected chi connectivity index (χ4v) is 3.08. The van der Waals surface area contributed by atoms with Crippen molar-refractivity contribution >= 4 is 17.7 Å². The highest BCUT2D eigenvalue weighted by Crippen LogP contribution is 2.36. The minimum atomic E-state index is 0.0446. The topological polar surface area (TPSA) is 73.1 Å². The molecule has 0 bridgehead atoms. The van der Waals surface area contributed by atoms with E-state index in [1.54, 1.807) is 19.1 Å². The van der Waals surface area contributed by atoms with Gasteiger partial charge in [0.1, 0.15) is 5.75 Å². The first-order valence-electron chi connectivity index (χ1n) is 7.45. The SMILES string of the molecule is COc1cccc(CN(C)C(=O)CSc2nnnn2C2CC2)c1. The van der Waals surface area contributed by atoms with Gasteiger partial charge in [0.25, 0.3) is 0 Å². The third-order valence-electron chi connectivity index (χ3n) is 3.66. The third-order valence-corrected chi connectivity index (χ3v) is 4.58. The molecule has 7 nitrogen and oxygen atoms in total. The van der Waals surface area contributed by atoms with Crippen LogP contribution in [0.25, 0.3) is 0 Å². The smallest absolute Gasteiger partial charge is 0.233 e. The van der Waals surface area contributed by atoms with Gasteiger partial charge in [0.05, 0.1) is 18.9 Å². The number of thioether (sulfide) groups is 1. The Labute approximate surface area is 139 Å².